The highest BCUT2D eigenvalue weighted by atomic mass is 32.1. The van der Waals surface area contributed by atoms with Crippen LogP contribution >= 0.6 is 11.3 Å². The van der Waals surface area contributed by atoms with E-state index in [-0.39, 0.29) is 5.91 Å². The summed E-state index contributed by atoms with van der Waals surface area (Å²) in [5.74, 6) is -0.187. The van der Waals surface area contributed by atoms with Crippen molar-refractivity contribution < 1.29 is 4.79 Å². The second kappa shape index (κ2) is 5.45. The number of aryl methyl sites for hydroxylation is 2. The number of carbonyl (C=O) groups excluding carboxylic acids is 1. The van der Waals surface area contributed by atoms with Crippen molar-refractivity contribution in [1.29, 1.82) is 0 Å². The number of thiazole rings is 1. The number of carbonyl (C=O) groups is 1. The van der Waals surface area contributed by atoms with Gasteiger partial charge in [-0.05, 0) is 19.1 Å². The van der Waals surface area contributed by atoms with Crippen molar-refractivity contribution in [3.05, 3.63) is 48.2 Å². The Morgan fingerprint density at radius 2 is 2.24 bits per heavy atom. The zero-order valence-electron chi connectivity index (χ0n) is 11.6. The summed E-state index contributed by atoms with van der Waals surface area (Å²) in [6.45, 7) is 1.87. The van der Waals surface area contributed by atoms with Crippen LogP contribution in [-0.2, 0) is 7.05 Å². The van der Waals surface area contributed by atoms with Gasteiger partial charge < -0.3 is 5.32 Å². The van der Waals surface area contributed by atoms with E-state index in [1.54, 1.807) is 30.3 Å². The summed E-state index contributed by atoms with van der Waals surface area (Å²) in [6.07, 6.45) is 6.68. The molecule has 7 heteroatoms. The molecule has 3 heterocycles. The van der Waals surface area contributed by atoms with Crippen LogP contribution in [0.4, 0.5) is 5.00 Å². The van der Waals surface area contributed by atoms with Gasteiger partial charge in [-0.15, -0.1) is 0 Å². The molecule has 0 saturated carbocycles. The minimum atomic E-state index is -0.187. The van der Waals surface area contributed by atoms with Gasteiger partial charge in [0.25, 0.3) is 5.91 Å². The normalized spacial score (nSPS) is 10.6. The summed E-state index contributed by atoms with van der Waals surface area (Å²) in [4.78, 5) is 20.7. The number of hydrogen-bond donors (Lipinski definition) is 1. The van der Waals surface area contributed by atoms with Crippen LogP contribution in [0.15, 0.2) is 36.9 Å². The third-order valence-corrected chi connectivity index (χ3v) is 4.02. The Balaban J connectivity index is 1.84. The lowest BCUT2D eigenvalue weighted by Gasteiger charge is -1.99. The average Bonchev–Trinajstić information content (AvgIpc) is 3.07. The third-order valence-electron chi connectivity index (χ3n) is 2.90. The molecule has 0 radical (unpaired) electrons. The maximum atomic E-state index is 12.1. The first kappa shape index (κ1) is 13.4. The predicted molar refractivity (Wildman–Crippen MR) is 81.2 cm³/mol. The lowest BCUT2D eigenvalue weighted by Crippen LogP contribution is -2.10. The summed E-state index contributed by atoms with van der Waals surface area (Å²) in [7, 11) is 1.77. The standard InChI is InChI=1S/C14H13N5OS/c1-9-13(18-12(20)11-7-16-19(2)8-11)21-14(17-9)10-4-3-5-15-6-10/h3-8H,1-2H3,(H,18,20). The van der Waals surface area contributed by atoms with E-state index in [0.29, 0.717) is 5.56 Å². The summed E-state index contributed by atoms with van der Waals surface area (Å²) in [5.41, 5.74) is 2.25. The van der Waals surface area contributed by atoms with Crippen molar-refractivity contribution >= 4 is 22.2 Å². The molecular formula is C14H13N5OS. The number of anilines is 1. The van der Waals surface area contributed by atoms with Gasteiger partial charge in [0.2, 0.25) is 0 Å². The number of rotatable bonds is 3. The van der Waals surface area contributed by atoms with Crippen molar-refractivity contribution in [1.82, 2.24) is 19.7 Å². The van der Waals surface area contributed by atoms with E-state index >= 15 is 0 Å². The number of hydrogen-bond acceptors (Lipinski definition) is 5. The Labute approximate surface area is 125 Å². The van der Waals surface area contributed by atoms with E-state index in [0.717, 1.165) is 21.3 Å². The smallest absolute Gasteiger partial charge is 0.259 e. The van der Waals surface area contributed by atoms with Crippen molar-refractivity contribution in [2.75, 3.05) is 5.32 Å². The highest BCUT2D eigenvalue weighted by Crippen LogP contribution is 2.31. The Morgan fingerprint density at radius 3 is 2.90 bits per heavy atom. The number of nitrogens with zero attached hydrogens (tertiary/aromatic N) is 4. The fraction of sp³-hybridized carbons (Fsp3) is 0.143. The van der Waals surface area contributed by atoms with Gasteiger partial charge in [0.1, 0.15) is 10.0 Å². The van der Waals surface area contributed by atoms with Crippen LogP contribution in [0.2, 0.25) is 0 Å². The maximum Gasteiger partial charge on any atom is 0.259 e. The predicted octanol–water partition coefficient (Wildman–Crippen LogP) is 2.50. The molecule has 0 atom stereocenters. The zero-order valence-corrected chi connectivity index (χ0v) is 12.4. The fourth-order valence-corrected chi connectivity index (χ4v) is 2.79. The minimum absolute atomic E-state index is 0.187. The topological polar surface area (TPSA) is 72.7 Å². The minimum Gasteiger partial charge on any atom is -0.312 e. The average molecular weight is 299 g/mol. The van der Waals surface area contributed by atoms with Gasteiger partial charge >= 0.3 is 0 Å². The Hall–Kier alpha value is -2.54. The first-order chi connectivity index (χ1) is 10.1. The van der Waals surface area contributed by atoms with E-state index in [1.165, 1.54) is 17.5 Å². The summed E-state index contributed by atoms with van der Waals surface area (Å²) in [6, 6.07) is 3.80. The Bertz CT molecular complexity index is 778. The Morgan fingerprint density at radius 1 is 1.38 bits per heavy atom. The summed E-state index contributed by atoms with van der Waals surface area (Å²) < 4.78 is 1.59. The molecule has 3 aromatic heterocycles. The molecule has 0 bridgehead atoms. The highest BCUT2D eigenvalue weighted by Gasteiger charge is 2.14. The van der Waals surface area contributed by atoms with Gasteiger partial charge in [0, 0.05) is 31.2 Å². The quantitative estimate of drug-likeness (QED) is 0.806. The molecule has 0 aliphatic rings. The van der Waals surface area contributed by atoms with Crippen LogP contribution in [0.3, 0.4) is 0 Å². The van der Waals surface area contributed by atoms with E-state index in [4.69, 9.17) is 0 Å². The molecule has 6 nitrogen and oxygen atoms in total. The van der Waals surface area contributed by atoms with Gasteiger partial charge in [0.05, 0.1) is 17.5 Å². The number of aromatic nitrogens is 4. The van der Waals surface area contributed by atoms with E-state index < -0.39 is 0 Å². The molecule has 3 rings (SSSR count). The van der Waals surface area contributed by atoms with Gasteiger partial charge in [-0.25, -0.2) is 4.98 Å². The van der Waals surface area contributed by atoms with Crippen LogP contribution < -0.4 is 5.32 Å². The van der Waals surface area contributed by atoms with Crippen LogP contribution in [0.25, 0.3) is 10.6 Å². The molecule has 1 N–H and O–H groups in total. The van der Waals surface area contributed by atoms with Crippen LogP contribution in [0.5, 0.6) is 0 Å². The molecular weight excluding hydrogens is 286 g/mol. The number of amides is 1. The first-order valence-corrected chi connectivity index (χ1v) is 7.13. The van der Waals surface area contributed by atoms with Crippen molar-refractivity contribution in [3.8, 4) is 10.6 Å². The fourth-order valence-electron chi connectivity index (χ4n) is 1.84. The van der Waals surface area contributed by atoms with Crippen molar-refractivity contribution in [3.63, 3.8) is 0 Å². The highest BCUT2D eigenvalue weighted by molar-refractivity contribution is 7.19. The van der Waals surface area contributed by atoms with Crippen molar-refractivity contribution in [2.24, 2.45) is 7.05 Å². The monoisotopic (exact) mass is 299 g/mol. The second-order valence-electron chi connectivity index (χ2n) is 4.53. The molecule has 0 spiro atoms. The third kappa shape index (κ3) is 2.82. The molecule has 0 saturated heterocycles. The van der Waals surface area contributed by atoms with Gasteiger partial charge in [0.15, 0.2) is 0 Å². The number of nitrogens with one attached hydrogen (secondary N) is 1. The molecule has 0 unspecified atom stereocenters. The second-order valence-corrected chi connectivity index (χ2v) is 5.53. The molecule has 1 amide bonds. The van der Waals surface area contributed by atoms with Crippen LogP contribution in [0.1, 0.15) is 16.1 Å². The van der Waals surface area contributed by atoms with E-state index in [2.05, 4.69) is 20.4 Å². The van der Waals surface area contributed by atoms with Crippen LogP contribution in [-0.4, -0.2) is 25.7 Å². The molecule has 0 fully saturated rings. The summed E-state index contributed by atoms with van der Waals surface area (Å²) in [5, 5.41) is 8.44. The molecule has 106 valence electrons. The Kier molecular flexibility index (Phi) is 3.49. The first-order valence-electron chi connectivity index (χ1n) is 6.31. The van der Waals surface area contributed by atoms with Gasteiger partial charge in [-0.3, -0.25) is 14.5 Å². The van der Waals surface area contributed by atoms with Gasteiger partial charge in [-0.2, -0.15) is 5.10 Å². The van der Waals surface area contributed by atoms with E-state index in [1.807, 2.05) is 19.1 Å². The molecule has 0 aliphatic heterocycles. The molecule has 3 aromatic rings. The lowest BCUT2D eigenvalue weighted by molar-refractivity contribution is 0.102. The lowest BCUT2D eigenvalue weighted by atomic mass is 10.3. The summed E-state index contributed by atoms with van der Waals surface area (Å²) >= 11 is 1.43. The SMILES string of the molecule is Cc1nc(-c2cccnc2)sc1NC(=O)c1cnn(C)c1. The molecule has 0 aromatic carbocycles. The van der Waals surface area contributed by atoms with Gasteiger partial charge in [-0.1, -0.05) is 11.3 Å². The number of pyridine rings is 1. The van der Waals surface area contributed by atoms with Crippen LogP contribution in [0, 0.1) is 6.92 Å². The zero-order chi connectivity index (χ0) is 14.8. The molecule has 0 aliphatic carbocycles. The molecule has 21 heavy (non-hydrogen) atoms. The maximum absolute atomic E-state index is 12.1. The van der Waals surface area contributed by atoms with Crippen molar-refractivity contribution in [2.45, 2.75) is 6.92 Å². The largest absolute Gasteiger partial charge is 0.312 e. The van der Waals surface area contributed by atoms with E-state index in [9.17, 15) is 4.79 Å².